The van der Waals surface area contributed by atoms with Gasteiger partial charge in [-0.3, -0.25) is 0 Å². The van der Waals surface area contributed by atoms with Crippen LogP contribution in [0.1, 0.15) is 45.0 Å². The maximum Gasteiger partial charge on any atom is 0.226 e. The maximum absolute atomic E-state index is 5.61. The van der Waals surface area contributed by atoms with E-state index in [0.717, 1.165) is 12.8 Å². The molecule has 0 amide bonds. The molecule has 1 aromatic rings. The molecule has 0 spiro atoms. The summed E-state index contributed by atoms with van der Waals surface area (Å²) in [6, 6.07) is 0. The van der Waals surface area contributed by atoms with Gasteiger partial charge >= 0.3 is 0 Å². The van der Waals surface area contributed by atoms with Crippen LogP contribution in [-0.2, 0) is 11.2 Å². The van der Waals surface area contributed by atoms with E-state index < -0.39 is 0 Å². The summed E-state index contributed by atoms with van der Waals surface area (Å²) in [6.07, 6.45) is 1.50. The fraction of sp³-hybridized carbons (Fsp3) is 0.818. The molecule has 0 aliphatic rings. The normalized spacial score (nSPS) is 13.3. The zero-order chi connectivity index (χ0) is 12.0. The molecule has 0 fully saturated rings. The van der Waals surface area contributed by atoms with Crippen LogP contribution in [0.5, 0.6) is 0 Å². The van der Waals surface area contributed by atoms with Gasteiger partial charge in [-0.2, -0.15) is 4.98 Å². The highest BCUT2D eigenvalue weighted by molar-refractivity contribution is 6.17. The third kappa shape index (κ3) is 3.76. The molecule has 0 radical (unpaired) electrons. The van der Waals surface area contributed by atoms with Crippen molar-refractivity contribution in [1.82, 2.24) is 10.1 Å². The number of ether oxygens (including phenoxy) is 1. The Kier molecular flexibility index (Phi) is 5.77. The first-order valence-electron chi connectivity index (χ1n) is 5.69. The lowest BCUT2D eigenvalue weighted by atomic mass is 10.1. The third-order valence-electron chi connectivity index (χ3n) is 2.21. The SMILES string of the molecule is CCOC(c1noc(CCCCl)n1)C(C)C. The quantitative estimate of drug-likeness (QED) is 0.694. The molecule has 0 saturated heterocycles. The number of nitrogens with zero attached hydrogens (tertiary/aromatic N) is 2. The summed E-state index contributed by atoms with van der Waals surface area (Å²) in [5.41, 5.74) is 0. The molecule has 0 bridgehead atoms. The first-order valence-corrected chi connectivity index (χ1v) is 6.22. The molecule has 0 aromatic carbocycles. The number of hydrogen-bond donors (Lipinski definition) is 0. The van der Waals surface area contributed by atoms with Crippen molar-refractivity contribution in [1.29, 1.82) is 0 Å². The Balaban J connectivity index is 2.65. The number of aromatic nitrogens is 2. The van der Waals surface area contributed by atoms with E-state index in [4.69, 9.17) is 20.9 Å². The van der Waals surface area contributed by atoms with Gasteiger partial charge in [0.05, 0.1) is 0 Å². The lowest BCUT2D eigenvalue weighted by molar-refractivity contribution is 0.0217. The molecule has 92 valence electrons. The summed E-state index contributed by atoms with van der Waals surface area (Å²) in [5, 5.41) is 3.96. The first-order chi connectivity index (χ1) is 7.69. The smallest absolute Gasteiger partial charge is 0.226 e. The Morgan fingerprint density at radius 3 is 2.75 bits per heavy atom. The Morgan fingerprint density at radius 2 is 2.19 bits per heavy atom. The fourth-order valence-electron chi connectivity index (χ4n) is 1.45. The molecule has 16 heavy (non-hydrogen) atoms. The predicted molar refractivity (Wildman–Crippen MR) is 62.5 cm³/mol. The van der Waals surface area contributed by atoms with Crippen molar-refractivity contribution in [3.8, 4) is 0 Å². The molecular weight excluding hydrogens is 228 g/mol. The average Bonchev–Trinajstić information content (AvgIpc) is 2.70. The molecule has 1 aromatic heterocycles. The summed E-state index contributed by atoms with van der Waals surface area (Å²) in [5.74, 6) is 2.22. The Bertz CT molecular complexity index is 302. The molecule has 4 nitrogen and oxygen atoms in total. The predicted octanol–water partition coefficient (Wildman–Crippen LogP) is 2.97. The van der Waals surface area contributed by atoms with E-state index in [-0.39, 0.29) is 6.10 Å². The van der Waals surface area contributed by atoms with E-state index in [9.17, 15) is 0 Å². The van der Waals surface area contributed by atoms with Gasteiger partial charge in [-0.25, -0.2) is 0 Å². The van der Waals surface area contributed by atoms with Gasteiger partial charge in [0.15, 0.2) is 0 Å². The topological polar surface area (TPSA) is 48.2 Å². The monoisotopic (exact) mass is 246 g/mol. The standard InChI is InChI=1S/C11H19ClN2O2/c1-4-15-10(8(2)3)11-13-9(16-14-11)6-5-7-12/h8,10H,4-7H2,1-3H3. The third-order valence-corrected chi connectivity index (χ3v) is 2.48. The number of rotatable bonds is 7. The van der Waals surface area contributed by atoms with E-state index in [1.165, 1.54) is 0 Å². The molecule has 0 aliphatic carbocycles. The first kappa shape index (κ1) is 13.5. The highest BCUT2D eigenvalue weighted by atomic mass is 35.5. The van der Waals surface area contributed by atoms with Crippen LogP contribution in [0.25, 0.3) is 0 Å². The van der Waals surface area contributed by atoms with Gasteiger partial charge in [-0.1, -0.05) is 19.0 Å². The number of alkyl halides is 1. The molecule has 5 heteroatoms. The second-order valence-corrected chi connectivity index (χ2v) is 4.34. The van der Waals surface area contributed by atoms with Gasteiger partial charge in [0.25, 0.3) is 0 Å². The molecular formula is C11H19ClN2O2. The fourth-order valence-corrected chi connectivity index (χ4v) is 1.58. The van der Waals surface area contributed by atoms with Crippen LogP contribution in [0.3, 0.4) is 0 Å². The summed E-state index contributed by atoms with van der Waals surface area (Å²) in [7, 11) is 0. The highest BCUT2D eigenvalue weighted by Gasteiger charge is 2.21. The zero-order valence-electron chi connectivity index (χ0n) is 10.1. The second kappa shape index (κ2) is 6.86. The molecule has 0 N–H and O–H groups in total. The van der Waals surface area contributed by atoms with Crippen molar-refractivity contribution in [2.24, 2.45) is 5.92 Å². The Labute approximate surface area is 101 Å². The van der Waals surface area contributed by atoms with Crippen molar-refractivity contribution in [2.45, 2.75) is 39.7 Å². The minimum absolute atomic E-state index is 0.0847. The van der Waals surface area contributed by atoms with Gasteiger partial charge in [-0.05, 0) is 19.3 Å². The van der Waals surface area contributed by atoms with Crippen molar-refractivity contribution in [3.63, 3.8) is 0 Å². The summed E-state index contributed by atoms with van der Waals surface area (Å²) in [6.45, 7) is 6.77. The summed E-state index contributed by atoms with van der Waals surface area (Å²) < 4.78 is 10.7. The molecule has 0 saturated carbocycles. The van der Waals surface area contributed by atoms with Crippen LogP contribution in [0.15, 0.2) is 4.52 Å². The Hall–Kier alpha value is -0.610. The average molecular weight is 247 g/mol. The lowest BCUT2D eigenvalue weighted by Gasteiger charge is -2.16. The zero-order valence-corrected chi connectivity index (χ0v) is 10.8. The van der Waals surface area contributed by atoms with Crippen molar-refractivity contribution >= 4 is 11.6 Å². The minimum atomic E-state index is -0.0847. The van der Waals surface area contributed by atoms with E-state index in [1.807, 2.05) is 6.92 Å². The van der Waals surface area contributed by atoms with Crippen LogP contribution in [0.2, 0.25) is 0 Å². The molecule has 1 unspecified atom stereocenters. The van der Waals surface area contributed by atoms with Crippen LogP contribution in [0.4, 0.5) is 0 Å². The number of hydrogen-bond acceptors (Lipinski definition) is 4. The summed E-state index contributed by atoms with van der Waals surface area (Å²) >= 11 is 5.61. The van der Waals surface area contributed by atoms with Crippen LogP contribution in [-0.4, -0.2) is 22.6 Å². The van der Waals surface area contributed by atoms with Gasteiger partial charge in [0, 0.05) is 18.9 Å². The van der Waals surface area contributed by atoms with Crippen LogP contribution >= 0.6 is 11.6 Å². The molecule has 1 heterocycles. The highest BCUT2D eigenvalue weighted by Crippen LogP contribution is 2.23. The van der Waals surface area contributed by atoms with Gasteiger partial charge in [-0.15, -0.1) is 11.6 Å². The lowest BCUT2D eigenvalue weighted by Crippen LogP contribution is -2.12. The minimum Gasteiger partial charge on any atom is -0.370 e. The van der Waals surface area contributed by atoms with E-state index >= 15 is 0 Å². The maximum atomic E-state index is 5.61. The van der Waals surface area contributed by atoms with Gasteiger partial charge < -0.3 is 9.26 Å². The van der Waals surface area contributed by atoms with Crippen molar-refractivity contribution in [2.75, 3.05) is 12.5 Å². The van der Waals surface area contributed by atoms with Crippen molar-refractivity contribution in [3.05, 3.63) is 11.7 Å². The summed E-state index contributed by atoms with van der Waals surface area (Å²) in [4.78, 5) is 4.33. The van der Waals surface area contributed by atoms with Crippen LogP contribution in [0, 0.1) is 5.92 Å². The van der Waals surface area contributed by atoms with E-state index in [1.54, 1.807) is 0 Å². The largest absolute Gasteiger partial charge is 0.370 e. The van der Waals surface area contributed by atoms with Gasteiger partial charge in [0.2, 0.25) is 11.7 Å². The van der Waals surface area contributed by atoms with E-state index in [2.05, 4.69) is 24.0 Å². The Morgan fingerprint density at radius 1 is 1.44 bits per heavy atom. The number of aryl methyl sites for hydroxylation is 1. The van der Waals surface area contributed by atoms with Crippen molar-refractivity contribution < 1.29 is 9.26 Å². The van der Waals surface area contributed by atoms with Crippen LogP contribution < -0.4 is 0 Å². The van der Waals surface area contributed by atoms with Gasteiger partial charge in [0.1, 0.15) is 6.10 Å². The second-order valence-electron chi connectivity index (χ2n) is 3.96. The molecule has 1 rings (SSSR count). The number of halogens is 1. The molecule has 0 aliphatic heterocycles. The molecule has 1 atom stereocenters. The van der Waals surface area contributed by atoms with E-state index in [0.29, 0.717) is 30.1 Å².